The molecule has 0 saturated heterocycles. The number of anilines is 1. The van der Waals surface area contributed by atoms with E-state index in [0.29, 0.717) is 0 Å². The summed E-state index contributed by atoms with van der Waals surface area (Å²) in [4.78, 5) is 0. The summed E-state index contributed by atoms with van der Waals surface area (Å²) in [5, 5.41) is 0. The number of nitrogen functional groups attached to an aromatic ring is 1. The molecule has 0 spiro atoms. The molecule has 0 aliphatic heterocycles. The van der Waals surface area contributed by atoms with Crippen LogP contribution in [0, 0.1) is 12.8 Å². The molecular weight excluding hydrogens is 146 g/mol. The predicted octanol–water partition coefficient (Wildman–Crippen LogP) is 3.24. The zero-order chi connectivity index (χ0) is 9.56. The Hall–Kier alpha value is -0.980. The van der Waals surface area contributed by atoms with Gasteiger partial charge in [-0.1, -0.05) is 38.5 Å². The fourth-order valence-corrected chi connectivity index (χ4v) is 0.566. The third kappa shape index (κ3) is 7.13. The summed E-state index contributed by atoms with van der Waals surface area (Å²) in [5.74, 6) is 0.833. The summed E-state index contributed by atoms with van der Waals surface area (Å²) >= 11 is 0. The fraction of sp³-hybridized carbons (Fsp3) is 0.455. The summed E-state index contributed by atoms with van der Waals surface area (Å²) in [6, 6.07) is 7.79. The molecule has 1 heteroatoms. The van der Waals surface area contributed by atoms with Crippen LogP contribution in [0.3, 0.4) is 0 Å². The van der Waals surface area contributed by atoms with E-state index in [2.05, 4.69) is 20.8 Å². The number of hydrogen-bond acceptors (Lipinski definition) is 1. The van der Waals surface area contributed by atoms with Gasteiger partial charge in [-0.2, -0.15) is 0 Å². The predicted molar refractivity (Wildman–Crippen MR) is 56.1 cm³/mol. The van der Waals surface area contributed by atoms with Gasteiger partial charge < -0.3 is 5.73 Å². The van der Waals surface area contributed by atoms with Crippen molar-refractivity contribution in [1.82, 2.24) is 0 Å². The fourth-order valence-electron chi connectivity index (χ4n) is 0.566. The van der Waals surface area contributed by atoms with E-state index in [1.807, 2.05) is 31.2 Å². The van der Waals surface area contributed by atoms with E-state index in [-0.39, 0.29) is 0 Å². The maximum Gasteiger partial charge on any atom is 0.0314 e. The average Bonchev–Trinajstić information content (AvgIpc) is 1.94. The van der Waals surface area contributed by atoms with Crippen LogP contribution in [-0.2, 0) is 0 Å². The maximum absolute atomic E-state index is 5.43. The molecule has 1 rings (SSSR count). The Morgan fingerprint density at radius 1 is 1.00 bits per heavy atom. The highest BCUT2D eigenvalue weighted by Crippen LogP contribution is 2.02. The monoisotopic (exact) mass is 165 g/mol. The van der Waals surface area contributed by atoms with E-state index in [9.17, 15) is 0 Å². The zero-order valence-electron chi connectivity index (χ0n) is 8.46. The molecule has 0 aromatic heterocycles. The van der Waals surface area contributed by atoms with Crippen LogP contribution in [0.1, 0.15) is 26.3 Å². The molecule has 68 valence electrons. The lowest BCUT2D eigenvalue weighted by molar-refractivity contribution is 0.737. The number of rotatable bonds is 0. The average molecular weight is 165 g/mol. The van der Waals surface area contributed by atoms with Crippen LogP contribution in [0.5, 0.6) is 0 Å². The van der Waals surface area contributed by atoms with Gasteiger partial charge in [-0.15, -0.1) is 0 Å². The van der Waals surface area contributed by atoms with Crippen molar-refractivity contribution in [3.05, 3.63) is 29.8 Å². The molecule has 0 fully saturated rings. The van der Waals surface area contributed by atoms with Gasteiger partial charge in [0.1, 0.15) is 0 Å². The van der Waals surface area contributed by atoms with Crippen molar-refractivity contribution < 1.29 is 0 Å². The molecule has 0 radical (unpaired) electrons. The second-order valence-corrected chi connectivity index (χ2v) is 3.64. The summed E-state index contributed by atoms with van der Waals surface area (Å²) in [7, 11) is 0. The first-order valence-electron chi connectivity index (χ1n) is 4.34. The Morgan fingerprint density at radius 2 is 1.33 bits per heavy atom. The largest absolute Gasteiger partial charge is 0.399 e. The highest BCUT2D eigenvalue weighted by atomic mass is 14.5. The minimum Gasteiger partial charge on any atom is -0.399 e. The number of nitrogens with two attached hydrogens (primary N) is 1. The van der Waals surface area contributed by atoms with Gasteiger partial charge in [0, 0.05) is 5.69 Å². The third-order valence-electron chi connectivity index (χ3n) is 1.08. The van der Waals surface area contributed by atoms with Gasteiger partial charge in [0.2, 0.25) is 0 Å². The number of aryl methyl sites for hydroxylation is 1. The molecular formula is C11H19N. The first kappa shape index (κ1) is 11.0. The molecule has 0 unspecified atom stereocenters. The maximum atomic E-state index is 5.43. The molecule has 0 amide bonds. The van der Waals surface area contributed by atoms with Crippen LogP contribution in [0.25, 0.3) is 0 Å². The molecule has 0 bridgehead atoms. The second kappa shape index (κ2) is 5.64. The number of benzene rings is 1. The van der Waals surface area contributed by atoms with Crippen molar-refractivity contribution in [1.29, 1.82) is 0 Å². The van der Waals surface area contributed by atoms with Crippen LogP contribution in [0.4, 0.5) is 5.69 Å². The van der Waals surface area contributed by atoms with Crippen molar-refractivity contribution in [3.8, 4) is 0 Å². The Balaban J connectivity index is 0.000000261. The molecule has 0 aliphatic rings. The van der Waals surface area contributed by atoms with E-state index < -0.39 is 0 Å². The van der Waals surface area contributed by atoms with Gasteiger partial charge in [0.15, 0.2) is 0 Å². The molecule has 2 N–H and O–H groups in total. The van der Waals surface area contributed by atoms with E-state index in [4.69, 9.17) is 5.73 Å². The van der Waals surface area contributed by atoms with Crippen molar-refractivity contribution >= 4 is 5.69 Å². The minimum atomic E-state index is 0.829. The molecule has 1 aromatic carbocycles. The van der Waals surface area contributed by atoms with Crippen LogP contribution < -0.4 is 5.73 Å². The van der Waals surface area contributed by atoms with E-state index in [1.54, 1.807) is 0 Å². The van der Waals surface area contributed by atoms with Gasteiger partial charge in [-0.3, -0.25) is 0 Å². The molecule has 0 saturated carbocycles. The summed E-state index contributed by atoms with van der Waals surface area (Å²) in [6.07, 6.45) is 0. The van der Waals surface area contributed by atoms with Gasteiger partial charge in [-0.25, -0.2) is 0 Å². The molecule has 1 aromatic rings. The highest BCUT2D eigenvalue weighted by molar-refractivity contribution is 5.38. The second-order valence-electron chi connectivity index (χ2n) is 3.64. The van der Waals surface area contributed by atoms with Gasteiger partial charge >= 0.3 is 0 Å². The summed E-state index contributed by atoms with van der Waals surface area (Å²) in [5.41, 5.74) is 7.51. The van der Waals surface area contributed by atoms with Crippen molar-refractivity contribution in [2.45, 2.75) is 27.7 Å². The Kier molecular flexibility index (Phi) is 5.18. The molecule has 1 nitrogen and oxygen atoms in total. The topological polar surface area (TPSA) is 26.0 Å². The Morgan fingerprint density at radius 3 is 1.58 bits per heavy atom. The summed E-state index contributed by atoms with van der Waals surface area (Å²) < 4.78 is 0. The van der Waals surface area contributed by atoms with Crippen LogP contribution >= 0.6 is 0 Å². The zero-order valence-corrected chi connectivity index (χ0v) is 8.46. The van der Waals surface area contributed by atoms with Crippen LogP contribution in [0.2, 0.25) is 0 Å². The smallest absolute Gasteiger partial charge is 0.0314 e. The molecule has 0 aliphatic carbocycles. The van der Waals surface area contributed by atoms with E-state index in [1.165, 1.54) is 5.56 Å². The molecule has 0 atom stereocenters. The van der Waals surface area contributed by atoms with Gasteiger partial charge in [-0.05, 0) is 25.0 Å². The lowest BCUT2D eigenvalue weighted by atomic mass is 10.2. The van der Waals surface area contributed by atoms with E-state index >= 15 is 0 Å². The van der Waals surface area contributed by atoms with Crippen molar-refractivity contribution in [3.63, 3.8) is 0 Å². The first-order chi connectivity index (χ1) is 5.52. The normalized spacial score (nSPS) is 9.08. The first-order valence-corrected chi connectivity index (χ1v) is 4.34. The van der Waals surface area contributed by atoms with Crippen LogP contribution in [-0.4, -0.2) is 0 Å². The molecule has 0 heterocycles. The van der Waals surface area contributed by atoms with Gasteiger partial charge in [0.05, 0.1) is 0 Å². The van der Waals surface area contributed by atoms with Gasteiger partial charge in [0.25, 0.3) is 0 Å². The quantitative estimate of drug-likeness (QED) is 0.587. The minimum absolute atomic E-state index is 0.829. The number of hydrogen-bond donors (Lipinski definition) is 1. The van der Waals surface area contributed by atoms with E-state index in [0.717, 1.165) is 11.6 Å². The third-order valence-corrected chi connectivity index (χ3v) is 1.08. The van der Waals surface area contributed by atoms with Crippen molar-refractivity contribution in [2.24, 2.45) is 5.92 Å². The Labute approximate surface area is 75.6 Å². The van der Waals surface area contributed by atoms with Crippen LogP contribution in [0.15, 0.2) is 24.3 Å². The lowest BCUT2D eigenvalue weighted by Gasteiger charge is -1.90. The lowest BCUT2D eigenvalue weighted by Crippen LogP contribution is -1.81. The SMILES string of the molecule is CC(C)C.Cc1ccc(N)cc1. The highest BCUT2D eigenvalue weighted by Gasteiger charge is 1.80. The standard InChI is InChI=1S/C7H9N.C4H10/c1-6-2-4-7(8)5-3-6;1-4(2)3/h2-5H,8H2,1H3;4H,1-3H3. The Bertz CT molecular complexity index is 175. The summed E-state index contributed by atoms with van der Waals surface area (Å²) in [6.45, 7) is 8.54. The molecule has 12 heavy (non-hydrogen) atoms. The van der Waals surface area contributed by atoms with Crippen molar-refractivity contribution in [2.75, 3.05) is 5.73 Å².